The lowest BCUT2D eigenvalue weighted by Crippen LogP contribution is -2.14. The van der Waals surface area contributed by atoms with Crippen molar-refractivity contribution in [2.24, 2.45) is 0 Å². The van der Waals surface area contributed by atoms with Crippen LogP contribution >= 0.6 is 0 Å². The van der Waals surface area contributed by atoms with Crippen LogP contribution in [0.15, 0.2) is 17.1 Å². The lowest BCUT2D eigenvalue weighted by Gasteiger charge is -2.00. The Hall–Kier alpha value is -1.65. The maximum Gasteiger partial charge on any atom is 0.311 e. The van der Waals surface area contributed by atoms with Gasteiger partial charge in [0, 0.05) is 12.3 Å². The molecule has 0 aliphatic heterocycles. The molecule has 0 bridgehead atoms. The summed E-state index contributed by atoms with van der Waals surface area (Å²) in [6.45, 7) is 0. The molecule has 0 spiro atoms. The summed E-state index contributed by atoms with van der Waals surface area (Å²) in [6, 6.07) is 1.05. The second-order valence-corrected chi connectivity index (χ2v) is 2.39. The molecule has 5 heteroatoms. The number of carbonyl (C=O) groups excluding carboxylic acids is 1. The summed E-state index contributed by atoms with van der Waals surface area (Å²) in [4.78, 5) is 24.0. The van der Waals surface area contributed by atoms with Crippen LogP contribution in [0.3, 0.4) is 0 Å². The topological polar surface area (TPSA) is 59.2 Å². The van der Waals surface area contributed by atoms with Gasteiger partial charge >= 0.3 is 5.97 Å². The fourth-order valence-corrected chi connectivity index (χ4v) is 0.848. The molecule has 0 amide bonds. The Morgan fingerprint density at radius 2 is 2.38 bits per heavy atom. The second kappa shape index (κ2) is 3.84. The molecular formula is C8H8FNO3. The summed E-state index contributed by atoms with van der Waals surface area (Å²) in [5.74, 6) is -1.53. The molecule has 0 aliphatic rings. The second-order valence-electron chi connectivity index (χ2n) is 2.39. The van der Waals surface area contributed by atoms with Gasteiger partial charge in [-0.2, -0.15) is 0 Å². The van der Waals surface area contributed by atoms with Crippen LogP contribution in [-0.4, -0.2) is 18.1 Å². The van der Waals surface area contributed by atoms with Crippen LogP contribution in [-0.2, 0) is 16.0 Å². The number of rotatable bonds is 2. The third-order valence-electron chi connectivity index (χ3n) is 1.52. The van der Waals surface area contributed by atoms with Crippen molar-refractivity contribution in [1.82, 2.24) is 4.98 Å². The number of aromatic amines is 1. The quantitative estimate of drug-likeness (QED) is 0.671. The first-order chi connectivity index (χ1) is 6.15. The van der Waals surface area contributed by atoms with Crippen molar-refractivity contribution in [3.05, 3.63) is 34.0 Å². The number of carbonyl (C=O) groups is 1. The molecule has 0 aromatic carbocycles. The highest BCUT2D eigenvalue weighted by molar-refractivity contribution is 5.71. The van der Waals surface area contributed by atoms with Gasteiger partial charge in [-0.15, -0.1) is 0 Å². The molecule has 0 fully saturated rings. The summed E-state index contributed by atoms with van der Waals surface area (Å²) in [7, 11) is 1.20. The molecule has 70 valence electrons. The van der Waals surface area contributed by atoms with Gasteiger partial charge in [0.1, 0.15) is 0 Å². The Bertz CT molecular complexity index is 372. The number of pyridine rings is 1. The van der Waals surface area contributed by atoms with Crippen molar-refractivity contribution >= 4 is 5.97 Å². The van der Waals surface area contributed by atoms with Crippen molar-refractivity contribution in [1.29, 1.82) is 0 Å². The van der Waals surface area contributed by atoms with Gasteiger partial charge in [-0.05, 0) is 0 Å². The Morgan fingerprint density at radius 3 is 3.00 bits per heavy atom. The maximum absolute atomic E-state index is 12.9. The molecule has 0 saturated carbocycles. The van der Waals surface area contributed by atoms with Crippen molar-refractivity contribution in [2.75, 3.05) is 7.11 Å². The van der Waals surface area contributed by atoms with E-state index in [0.717, 1.165) is 6.07 Å². The molecule has 0 aliphatic carbocycles. The number of H-pyrrole nitrogens is 1. The summed E-state index contributed by atoms with van der Waals surface area (Å²) in [5.41, 5.74) is -0.794. The Balaban J connectivity index is 2.96. The molecule has 0 saturated heterocycles. The minimum Gasteiger partial charge on any atom is -0.469 e. The third-order valence-corrected chi connectivity index (χ3v) is 1.52. The molecule has 1 aromatic heterocycles. The van der Waals surface area contributed by atoms with E-state index in [-0.39, 0.29) is 12.1 Å². The smallest absolute Gasteiger partial charge is 0.311 e. The van der Waals surface area contributed by atoms with Gasteiger partial charge in [0.25, 0.3) is 0 Å². The summed E-state index contributed by atoms with van der Waals surface area (Å²) < 4.78 is 17.3. The van der Waals surface area contributed by atoms with Gasteiger partial charge in [-0.3, -0.25) is 9.59 Å². The average molecular weight is 185 g/mol. The highest BCUT2D eigenvalue weighted by Gasteiger charge is 2.10. The van der Waals surface area contributed by atoms with Gasteiger partial charge in [0.2, 0.25) is 5.43 Å². The predicted octanol–water partition coefficient (Wildman–Crippen LogP) is 0.229. The van der Waals surface area contributed by atoms with Gasteiger partial charge < -0.3 is 9.72 Å². The van der Waals surface area contributed by atoms with Crippen LogP contribution in [0.2, 0.25) is 0 Å². The first-order valence-electron chi connectivity index (χ1n) is 3.58. The van der Waals surface area contributed by atoms with Gasteiger partial charge in [-0.1, -0.05) is 0 Å². The molecule has 0 radical (unpaired) electrons. The summed E-state index contributed by atoms with van der Waals surface area (Å²) in [6.07, 6.45) is 1.02. The zero-order valence-electron chi connectivity index (χ0n) is 6.96. The molecule has 0 unspecified atom stereocenters. The standard InChI is InChI=1S/C8H8FNO3/c1-13-7(12)4-5-8(9)6(11)2-3-10-5/h2-3H,4H2,1H3,(H,10,11). The van der Waals surface area contributed by atoms with E-state index >= 15 is 0 Å². The van der Waals surface area contributed by atoms with E-state index in [0.29, 0.717) is 0 Å². The molecular weight excluding hydrogens is 177 g/mol. The lowest BCUT2D eigenvalue weighted by molar-refractivity contribution is -0.139. The molecule has 1 N–H and O–H groups in total. The Morgan fingerprint density at radius 1 is 1.69 bits per heavy atom. The SMILES string of the molecule is COC(=O)Cc1[nH]ccc(=O)c1F. The zero-order chi connectivity index (χ0) is 9.84. The minimum absolute atomic E-state index is 0.0562. The van der Waals surface area contributed by atoms with E-state index in [4.69, 9.17) is 0 Å². The van der Waals surface area contributed by atoms with E-state index in [1.807, 2.05) is 0 Å². The fraction of sp³-hybridized carbons (Fsp3) is 0.250. The number of hydrogen-bond acceptors (Lipinski definition) is 3. The number of methoxy groups -OCH3 is 1. The first kappa shape index (κ1) is 9.44. The van der Waals surface area contributed by atoms with Gasteiger partial charge in [-0.25, -0.2) is 4.39 Å². The van der Waals surface area contributed by atoms with Crippen molar-refractivity contribution in [3.8, 4) is 0 Å². The maximum atomic E-state index is 12.9. The number of halogens is 1. The zero-order valence-corrected chi connectivity index (χ0v) is 6.96. The number of esters is 1. The average Bonchev–Trinajstić information content (AvgIpc) is 2.13. The van der Waals surface area contributed by atoms with Crippen LogP contribution in [0.5, 0.6) is 0 Å². The highest BCUT2D eigenvalue weighted by atomic mass is 19.1. The molecule has 1 aromatic rings. The molecule has 1 rings (SSSR count). The van der Waals surface area contributed by atoms with E-state index < -0.39 is 17.2 Å². The van der Waals surface area contributed by atoms with E-state index in [2.05, 4.69) is 9.72 Å². The van der Waals surface area contributed by atoms with Crippen LogP contribution in [0.4, 0.5) is 4.39 Å². The largest absolute Gasteiger partial charge is 0.469 e. The van der Waals surface area contributed by atoms with Crippen molar-refractivity contribution in [3.63, 3.8) is 0 Å². The Labute approximate surface area is 73.3 Å². The number of ether oxygens (including phenoxy) is 1. The predicted molar refractivity (Wildman–Crippen MR) is 42.7 cm³/mol. The molecule has 13 heavy (non-hydrogen) atoms. The normalized spacial score (nSPS) is 9.69. The van der Waals surface area contributed by atoms with E-state index in [1.54, 1.807) is 0 Å². The van der Waals surface area contributed by atoms with Crippen LogP contribution in [0, 0.1) is 5.82 Å². The van der Waals surface area contributed by atoms with Crippen LogP contribution in [0.1, 0.15) is 5.69 Å². The van der Waals surface area contributed by atoms with Crippen LogP contribution in [0.25, 0.3) is 0 Å². The lowest BCUT2D eigenvalue weighted by atomic mass is 10.2. The monoisotopic (exact) mass is 185 g/mol. The van der Waals surface area contributed by atoms with Gasteiger partial charge in [0.05, 0.1) is 19.2 Å². The highest BCUT2D eigenvalue weighted by Crippen LogP contribution is 1.99. The van der Waals surface area contributed by atoms with Crippen molar-refractivity contribution in [2.45, 2.75) is 6.42 Å². The van der Waals surface area contributed by atoms with E-state index in [9.17, 15) is 14.0 Å². The summed E-state index contributed by atoms with van der Waals surface area (Å²) in [5, 5.41) is 0. The number of aromatic nitrogens is 1. The summed E-state index contributed by atoms with van der Waals surface area (Å²) >= 11 is 0. The third kappa shape index (κ3) is 2.14. The molecule has 0 atom stereocenters. The Kier molecular flexibility index (Phi) is 2.79. The van der Waals surface area contributed by atoms with Gasteiger partial charge in [0.15, 0.2) is 5.82 Å². The first-order valence-corrected chi connectivity index (χ1v) is 3.58. The van der Waals surface area contributed by atoms with Crippen molar-refractivity contribution < 1.29 is 13.9 Å². The number of nitrogens with one attached hydrogen (secondary N) is 1. The fourth-order valence-electron chi connectivity index (χ4n) is 0.848. The van der Waals surface area contributed by atoms with E-state index in [1.165, 1.54) is 13.3 Å². The van der Waals surface area contributed by atoms with Crippen LogP contribution < -0.4 is 5.43 Å². The minimum atomic E-state index is -0.937. The number of hydrogen-bond donors (Lipinski definition) is 1. The molecule has 1 heterocycles. The molecule has 4 nitrogen and oxygen atoms in total.